The molecule has 0 aliphatic rings. The average molecular weight is 511 g/mol. The second kappa shape index (κ2) is 18.0. The lowest BCUT2D eigenvalue weighted by Crippen LogP contribution is -2.39. The molecule has 4 heteroatoms. The first-order valence-electron chi connectivity index (χ1n) is 14.6. The zero-order valence-electron chi connectivity index (χ0n) is 24.1. The maximum atomic E-state index is 12.2. The van der Waals surface area contributed by atoms with E-state index >= 15 is 0 Å². The van der Waals surface area contributed by atoms with E-state index in [1.54, 1.807) is 0 Å². The van der Waals surface area contributed by atoms with Gasteiger partial charge in [0, 0.05) is 18.4 Å². The molecule has 0 radical (unpaired) electrons. The Balaban J connectivity index is 1.56. The lowest BCUT2D eigenvalue weighted by atomic mass is 10.0. The molecular formula is C33H52NO3+. The Kier molecular flexibility index (Phi) is 15.0. The highest BCUT2D eigenvalue weighted by molar-refractivity contribution is 5.69. The van der Waals surface area contributed by atoms with Crippen molar-refractivity contribution in [2.75, 3.05) is 27.2 Å². The number of aryl methyl sites for hydroxylation is 1. The number of esters is 1. The summed E-state index contributed by atoms with van der Waals surface area (Å²) in [6, 6.07) is 19.0. The molecule has 0 N–H and O–H groups in total. The number of benzene rings is 2. The standard InChI is InChI=1S/C33H52NO3/c1-5-6-7-8-9-10-11-13-18-30-21-16-22-32(27-30)37-29(2)24-26-36-33(35)23-17-25-34(3,4)28-31-19-14-12-15-20-31/h12,14-16,19-22,27,29H,5-11,13,17-18,23-26,28H2,1-4H3/q+1. The van der Waals surface area contributed by atoms with Gasteiger partial charge in [-0.1, -0.05) is 94.3 Å². The van der Waals surface area contributed by atoms with Crippen molar-refractivity contribution in [2.24, 2.45) is 0 Å². The molecule has 206 valence electrons. The van der Waals surface area contributed by atoms with Gasteiger partial charge < -0.3 is 14.0 Å². The summed E-state index contributed by atoms with van der Waals surface area (Å²) in [4.78, 5) is 12.2. The predicted octanol–water partition coefficient (Wildman–Crippen LogP) is 8.13. The molecule has 0 aromatic heterocycles. The normalized spacial score (nSPS) is 12.3. The van der Waals surface area contributed by atoms with Gasteiger partial charge in [-0.2, -0.15) is 0 Å². The van der Waals surface area contributed by atoms with E-state index in [4.69, 9.17) is 9.47 Å². The number of hydrogen-bond acceptors (Lipinski definition) is 3. The molecule has 0 saturated carbocycles. The Hall–Kier alpha value is -2.33. The second-order valence-electron chi connectivity index (χ2n) is 11.2. The van der Waals surface area contributed by atoms with Crippen LogP contribution in [0.4, 0.5) is 0 Å². The van der Waals surface area contributed by atoms with Crippen molar-refractivity contribution in [1.29, 1.82) is 0 Å². The van der Waals surface area contributed by atoms with Crippen molar-refractivity contribution in [3.63, 3.8) is 0 Å². The van der Waals surface area contributed by atoms with Gasteiger partial charge in [0.15, 0.2) is 0 Å². The van der Waals surface area contributed by atoms with E-state index in [-0.39, 0.29) is 12.1 Å². The van der Waals surface area contributed by atoms with Crippen molar-refractivity contribution in [2.45, 2.75) is 104 Å². The smallest absolute Gasteiger partial charge is 0.306 e. The van der Waals surface area contributed by atoms with E-state index in [0.29, 0.717) is 19.4 Å². The van der Waals surface area contributed by atoms with E-state index in [2.05, 4.69) is 63.5 Å². The van der Waals surface area contributed by atoms with Crippen LogP contribution < -0.4 is 4.74 Å². The minimum atomic E-state index is -0.112. The molecule has 1 unspecified atom stereocenters. The molecule has 1 atom stereocenters. The van der Waals surface area contributed by atoms with Gasteiger partial charge >= 0.3 is 5.97 Å². The summed E-state index contributed by atoms with van der Waals surface area (Å²) in [6.45, 7) is 6.62. The Labute approximate surface area is 227 Å². The van der Waals surface area contributed by atoms with E-state index in [9.17, 15) is 4.79 Å². The minimum Gasteiger partial charge on any atom is -0.491 e. The lowest BCUT2D eigenvalue weighted by Gasteiger charge is -2.29. The number of nitrogens with zero attached hydrogens (tertiary/aromatic N) is 1. The van der Waals surface area contributed by atoms with Crippen molar-refractivity contribution < 1.29 is 18.8 Å². The monoisotopic (exact) mass is 510 g/mol. The highest BCUT2D eigenvalue weighted by atomic mass is 16.5. The van der Waals surface area contributed by atoms with Crippen LogP contribution in [0.5, 0.6) is 5.75 Å². The van der Waals surface area contributed by atoms with Crippen molar-refractivity contribution >= 4 is 5.97 Å². The molecule has 0 amide bonds. The quantitative estimate of drug-likeness (QED) is 0.102. The number of carbonyl (C=O) groups is 1. The van der Waals surface area contributed by atoms with Crippen LogP contribution >= 0.6 is 0 Å². The third kappa shape index (κ3) is 14.9. The number of ether oxygens (including phenoxy) is 2. The molecule has 0 aliphatic carbocycles. The Morgan fingerprint density at radius 2 is 1.51 bits per heavy atom. The molecule has 2 rings (SSSR count). The van der Waals surface area contributed by atoms with Crippen LogP contribution in [0.15, 0.2) is 54.6 Å². The molecule has 2 aromatic rings. The molecule has 0 bridgehead atoms. The molecule has 2 aromatic carbocycles. The van der Waals surface area contributed by atoms with Gasteiger partial charge in [0.05, 0.1) is 39.8 Å². The molecular weight excluding hydrogens is 458 g/mol. The summed E-state index contributed by atoms with van der Waals surface area (Å²) in [5, 5.41) is 0. The fourth-order valence-corrected chi connectivity index (χ4v) is 4.75. The van der Waals surface area contributed by atoms with Crippen molar-refractivity contribution in [3.8, 4) is 5.75 Å². The van der Waals surface area contributed by atoms with Gasteiger partial charge in [0.1, 0.15) is 12.3 Å². The SMILES string of the molecule is CCCCCCCCCCc1cccc(OC(C)CCOC(=O)CCC[N+](C)(C)Cc2ccccc2)c1. The summed E-state index contributed by atoms with van der Waals surface area (Å²) in [7, 11) is 4.42. The summed E-state index contributed by atoms with van der Waals surface area (Å²) < 4.78 is 12.5. The topological polar surface area (TPSA) is 35.5 Å². The highest BCUT2D eigenvalue weighted by Crippen LogP contribution is 2.19. The fourth-order valence-electron chi connectivity index (χ4n) is 4.75. The lowest BCUT2D eigenvalue weighted by molar-refractivity contribution is -0.903. The maximum Gasteiger partial charge on any atom is 0.306 e. The largest absolute Gasteiger partial charge is 0.491 e. The van der Waals surface area contributed by atoms with E-state index in [0.717, 1.165) is 36.2 Å². The first-order valence-corrected chi connectivity index (χ1v) is 14.6. The third-order valence-electron chi connectivity index (χ3n) is 6.94. The van der Waals surface area contributed by atoms with Gasteiger partial charge in [-0.15, -0.1) is 0 Å². The van der Waals surface area contributed by atoms with Crippen LogP contribution in [0.3, 0.4) is 0 Å². The van der Waals surface area contributed by atoms with E-state index < -0.39 is 0 Å². The number of unbranched alkanes of at least 4 members (excludes halogenated alkanes) is 7. The van der Waals surface area contributed by atoms with Crippen LogP contribution in [0.1, 0.15) is 95.6 Å². The van der Waals surface area contributed by atoms with Crippen LogP contribution in [-0.4, -0.2) is 43.8 Å². The van der Waals surface area contributed by atoms with Gasteiger partial charge in [-0.3, -0.25) is 4.79 Å². The van der Waals surface area contributed by atoms with Crippen LogP contribution in [0.25, 0.3) is 0 Å². The average Bonchev–Trinajstić information content (AvgIpc) is 2.86. The van der Waals surface area contributed by atoms with Gasteiger partial charge in [0.2, 0.25) is 0 Å². The Morgan fingerprint density at radius 1 is 0.838 bits per heavy atom. The summed E-state index contributed by atoms with van der Waals surface area (Å²) >= 11 is 0. The third-order valence-corrected chi connectivity index (χ3v) is 6.94. The fraction of sp³-hybridized carbons (Fsp3) is 0.606. The Morgan fingerprint density at radius 3 is 2.24 bits per heavy atom. The number of quaternary nitrogens is 1. The predicted molar refractivity (Wildman–Crippen MR) is 155 cm³/mol. The first-order chi connectivity index (χ1) is 17.9. The van der Waals surface area contributed by atoms with E-state index in [1.165, 1.54) is 62.5 Å². The van der Waals surface area contributed by atoms with E-state index in [1.807, 2.05) is 19.1 Å². The Bertz CT molecular complexity index is 865. The molecule has 0 fully saturated rings. The van der Waals surface area contributed by atoms with Crippen LogP contribution in [0, 0.1) is 0 Å². The number of carbonyl (C=O) groups excluding carboxylic acids is 1. The zero-order valence-corrected chi connectivity index (χ0v) is 24.1. The summed E-state index contributed by atoms with van der Waals surface area (Å²) in [5.74, 6) is 0.800. The number of rotatable bonds is 20. The highest BCUT2D eigenvalue weighted by Gasteiger charge is 2.17. The summed E-state index contributed by atoms with van der Waals surface area (Å²) in [5.41, 5.74) is 2.67. The molecule has 0 heterocycles. The number of hydrogen-bond donors (Lipinski definition) is 0. The molecule has 37 heavy (non-hydrogen) atoms. The van der Waals surface area contributed by atoms with Gasteiger partial charge in [-0.25, -0.2) is 0 Å². The van der Waals surface area contributed by atoms with Crippen LogP contribution in [0.2, 0.25) is 0 Å². The second-order valence-corrected chi connectivity index (χ2v) is 11.2. The molecule has 0 spiro atoms. The van der Waals surface area contributed by atoms with Crippen LogP contribution in [-0.2, 0) is 22.5 Å². The first kappa shape index (κ1) is 30.9. The minimum absolute atomic E-state index is 0.00708. The van der Waals surface area contributed by atoms with Gasteiger partial charge in [-0.05, 0) is 37.5 Å². The maximum absolute atomic E-state index is 12.2. The molecule has 0 saturated heterocycles. The van der Waals surface area contributed by atoms with Crippen molar-refractivity contribution in [3.05, 3.63) is 65.7 Å². The summed E-state index contributed by atoms with van der Waals surface area (Å²) in [6.07, 6.45) is 13.8. The van der Waals surface area contributed by atoms with Crippen molar-refractivity contribution in [1.82, 2.24) is 0 Å². The molecule has 4 nitrogen and oxygen atoms in total. The zero-order chi connectivity index (χ0) is 26.8. The van der Waals surface area contributed by atoms with Gasteiger partial charge in [0.25, 0.3) is 0 Å². The molecule has 0 aliphatic heterocycles.